The van der Waals surface area contributed by atoms with Gasteiger partial charge in [-0.05, 0) is 62.7 Å². The van der Waals surface area contributed by atoms with Gasteiger partial charge in [-0.25, -0.2) is 0 Å². The molecular formula is C14H21NO. The van der Waals surface area contributed by atoms with Gasteiger partial charge in [0.25, 0.3) is 0 Å². The van der Waals surface area contributed by atoms with Crippen LogP contribution < -0.4 is 10.1 Å². The van der Waals surface area contributed by atoms with E-state index < -0.39 is 0 Å². The van der Waals surface area contributed by atoms with Crippen LogP contribution in [0.15, 0.2) is 24.3 Å². The molecule has 1 N–H and O–H groups in total. The second-order valence-corrected chi connectivity index (χ2v) is 3.85. The predicted octanol–water partition coefficient (Wildman–Crippen LogP) is 3.02. The van der Waals surface area contributed by atoms with E-state index in [-0.39, 0.29) is 0 Å². The monoisotopic (exact) mass is 219 g/mol. The molecule has 0 aromatic heterocycles. The minimum absolute atomic E-state index is 0.922. The molecule has 0 aliphatic carbocycles. The molecule has 0 atom stereocenters. The number of ether oxygens (including phenoxy) is 1. The molecule has 16 heavy (non-hydrogen) atoms. The number of hydrogen-bond acceptors (Lipinski definition) is 2. The Bertz CT molecular complexity index is 369. The molecule has 88 valence electrons. The molecule has 1 aromatic carbocycles. The highest BCUT2D eigenvalue weighted by atomic mass is 16.5. The summed E-state index contributed by atoms with van der Waals surface area (Å²) in [4.78, 5) is 0. The van der Waals surface area contributed by atoms with Crippen molar-refractivity contribution in [1.82, 2.24) is 5.32 Å². The maximum Gasteiger partial charge on any atom is 0.119 e. The van der Waals surface area contributed by atoms with E-state index in [1.54, 1.807) is 7.11 Å². The number of nitrogens with one attached hydrogen (secondary N) is 1. The van der Waals surface area contributed by atoms with E-state index in [1.165, 1.54) is 16.7 Å². The third-order valence-corrected chi connectivity index (χ3v) is 2.77. The Labute approximate surface area is 98.3 Å². The maximum absolute atomic E-state index is 5.21. The summed E-state index contributed by atoms with van der Waals surface area (Å²) >= 11 is 0. The van der Waals surface area contributed by atoms with E-state index in [0.717, 1.165) is 18.7 Å². The van der Waals surface area contributed by atoms with Crippen LogP contribution in [-0.4, -0.2) is 20.7 Å². The highest BCUT2D eigenvalue weighted by molar-refractivity contribution is 5.68. The average molecular weight is 219 g/mol. The maximum atomic E-state index is 5.21. The second kappa shape index (κ2) is 6.33. The summed E-state index contributed by atoms with van der Waals surface area (Å²) in [5, 5.41) is 3.18. The minimum Gasteiger partial charge on any atom is -0.497 e. The molecule has 0 bridgehead atoms. The molecule has 0 radical (unpaired) electrons. The number of allylic oxidation sites excluding steroid dienone is 1. The van der Waals surface area contributed by atoms with Crippen molar-refractivity contribution in [2.45, 2.75) is 20.3 Å². The van der Waals surface area contributed by atoms with E-state index in [9.17, 15) is 0 Å². The Balaban J connectivity index is 2.93. The molecule has 0 unspecified atom stereocenters. The van der Waals surface area contributed by atoms with Crippen LogP contribution >= 0.6 is 0 Å². The molecule has 1 rings (SSSR count). The SMILES string of the molecule is C/C=C(/CCNC)c1ccc(OC)cc1C. The first-order valence-electron chi connectivity index (χ1n) is 5.67. The summed E-state index contributed by atoms with van der Waals surface area (Å²) in [6.07, 6.45) is 3.24. The van der Waals surface area contributed by atoms with Crippen molar-refractivity contribution in [3.05, 3.63) is 35.4 Å². The second-order valence-electron chi connectivity index (χ2n) is 3.85. The van der Waals surface area contributed by atoms with Gasteiger partial charge in [-0.15, -0.1) is 0 Å². The van der Waals surface area contributed by atoms with Crippen molar-refractivity contribution in [2.75, 3.05) is 20.7 Å². The van der Waals surface area contributed by atoms with Crippen LogP contribution in [0.3, 0.4) is 0 Å². The Morgan fingerprint density at radius 3 is 2.69 bits per heavy atom. The molecule has 1 aromatic rings. The molecule has 0 saturated carbocycles. The number of aryl methyl sites for hydroxylation is 1. The van der Waals surface area contributed by atoms with Crippen molar-refractivity contribution in [2.24, 2.45) is 0 Å². The van der Waals surface area contributed by atoms with Crippen LogP contribution in [0.5, 0.6) is 5.75 Å². The number of hydrogen-bond donors (Lipinski definition) is 1. The van der Waals surface area contributed by atoms with E-state index in [1.807, 2.05) is 13.1 Å². The normalized spacial score (nSPS) is 11.6. The molecule has 0 amide bonds. The lowest BCUT2D eigenvalue weighted by Crippen LogP contribution is -2.08. The molecule has 2 nitrogen and oxygen atoms in total. The fraction of sp³-hybridized carbons (Fsp3) is 0.429. The van der Waals surface area contributed by atoms with Crippen LogP contribution in [-0.2, 0) is 0 Å². The molecule has 0 spiro atoms. The van der Waals surface area contributed by atoms with Crippen LogP contribution in [0.1, 0.15) is 24.5 Å². The summed E-state index contributed by atoms with van der Waals surface area (Å²) in [7, 11) is 3.68. The highest BCUT2D eigenvalue weighted by Crippen LogP contribution is 2.25. The van der Waals surface area contributed by atoms with Gasteiger partial charge in [0, 0.05) is 0 Å². The van der Waals surface area contributed by atoms with Gasteiger partial charge in [-0.3, -0.25) is 0 Å². The standard InChI is InChI=1S/C14H21NO/c1-5-12(8-9-15-3)14-7-6-13(16-4)10-11(14)2/h5-7,10,15H,8-9H2,1-4H3/b12-5-. The summed E-state index contributed by atoms with van der Waals surface area (Å²) in [6.45, 7) is 5.22. The lowest BCUT2D eigenvalue weighted by atomic mass is 9.97. The first-order chi connectivity index (χ1) is 7.72. The molecule has 0 fully saturated rings. The lowest BCUT2D eigenvalue weighted by molar-refractivity contribution is 0.414. The average Bonchev–Trinajstić information content (AvgIpc) is 2.31. The zero-order valence-corrected chi connectivity index (χ0v) is 10.6. The summed E-state index contributed by atoms with van der Waals surface area (Å²) in [5.74, 6) is 0.922. The van der Waals surface area contributed by atoms with E-state index in [0.29, 0.717) is 0 Å². The molecule has 0 aliphatic heterocycles. The van der Waals surface area contributed by atoms with Gasteiger partial charge in [0.2, 0.25) is 0 Å². The Hall–Kier alpha value is -1.28. The van der Waals surface area contributed by atoms with Gasteiger partial charge in [-0.1, -0.05) is 12.1 Å². The predicted molar refractivity (Wildman–Crippen MR) is 69.9 cm³/mol. The van der Waals surface area contributed by atoms with Gasteiger partial charge in [0.05, 0.1) is 7.11 Å². The first kappa shape index (κ1) is 12.8. The third kappa shape index (κ3) is 3.11. The third-order valence-electron chi connectivity index (χ3n) is 2.77. The van der Waals surface area contributed by atoms with Crippen molar-refractivity contribution in [3.8, 4) is 5.75 Å². The van der Waals surface area contributed by atoms with Crippen LogP contribution in [0.25, 0.3) is 5.57 Å². The fourth-order valence-corrected chi connectivity index (χ4v) is 1.82. The lowest BCUT2D eigenvalue weighted by Gasteiger charge is -2.11. The molecule has 0 saturated heterocycles. The summed E-state index contributed by atoms with van der Waals surface area (Å²) in [6, 6.07) is 6.24. The van der Waals surface area contributed by atoms with Gasteiger partial charge in [0.15, 0.2) is 0 Å². The summed E-state index contributed by atoms with van der Waals surface area (Å²) < 4.78 is 5.21. The van der Waals surface area contributed by atoms with Crippen LogP contribution in [0.4, 0.5) is 0 Å². The smallest absolute Gasteiger partial charge is 0.119 e. The molecule has 0 aliphatic rings. The van der Waals surface area contributed by atoms with Crippen molar-refractivity contribution in [1.29, 1.82) is 0 Å². The minimum atomic E-state index is 0.922. The quantitative estimate of drug-likeness (QED) is 0.822. The molecule has 0 heterocycles. The highest BCUT2D eigenvalue weighted by Gasteiger charge is 2.05. The van der Waals surface area contributed by atoms with E-state index >= 15 is 0 Å². The van der Waals surface area contributed by atoms with Gasteiger partial charge in [0.1, 0.15) is 5.75 Å². The summed E-state index contributed by atoms with van der Waals surface area (Å²) in [5.41, 5.74) is 3.97. The van der Waals surface area contributed by atoms with E-state index in [2.05, 4.69) is 37.4 Å². The van der Waals surface area contributed by atoms with Gasteiger partial charge < -0.3 is 10.1 Å². The Morgan fingerprint density at radius 2 is 2.19 bits per heavy atom. The fourth-order valence-electron chi connectivity index (χ4n) is 1.82. The van der Waals surface area contributed by atoms with Crippen LogP contribution in [0, 0.1) is 6.92 Å². The molecular weight excluding hydrogens is 198 g/mol. The van der Waals surface area contributed by atoms with Crippen molar-refractivity contribution >= 4 is 5.57 Å². The van der Waals surface area contributed by atoms with Gasteiger partial charge in [-0.2, -0.15) is 0 Å². The van der Waals surface area contributed by atoms with Crippen LogP contribution in [0.2, 0.25) is 0 Å². The topological polar surface area (TPSA) is 21.3 Å². The largest absolute Gasteiger partial charge is 0.497 e. The van der Waals surface area contributed by atoms with E-state index in [4.69, 9.17) is 4.74 Å². The number of rotatable bonds is 5. The number of benzene rings is 1. The van der Waals surface area contributed by atoms with Crippen molar-refractivity contribution in [3.63, 3.8) is 0 Å². The molecule has 2 heteroatoms. The van der Waals surface area contributed by atoms with Crippen molar-refractivity contribution < 1.29 is 4.74 Å². The Morgan fingerprint density at radius 1 is 1.44 bits per heavy atom. The number of methoxy groups -OCH3 is 1. The van der Waals surface area contributed by atoms with Gasteiger partial charge >= 0.3 is 0 Å². The zero-order chi connectivity index (χ0) is 12.0. The first-order valence-corrected chi connectivity index (χ1v) is 5.67. The zero-order valence-electron chi connectivity index (χ0n) is 10.6. The Kier molecular flexibility index (Phi) is 5.06.